The monoisotopic (exact) mass is 337 g/mol. The summed E-state index contributed by atoms with van der Waals surface area (Å²) in [5.41, 5.74) is 5.67. The van der Waals surface area contributed by atoms with Crippen molar-refractivity contribution in [3.05, 3.63) is 65.2 Å². The first-order chi connectivity index (χ1) is 12.1. The van der Waals surface area contributed by atoms with E-state index in [-0.39, 0.29) is 0 Å². The van der Waals surface area contributed by atoms with Crippen LogP contribution >= 0.6 is 0 Å². The van der Waals surface area contributed by atoms with Gasteiger partial charge in [0.2, 0.25) is 0 Å². The molecule has 0 saturated carbocycles. The summed E-state index contributed by atoms with van der Waals surface area (Å²) in [6.45, 7) is 10.3. The Hall–Kier alpha value is -1.80. The summed E-state index contributed by atoms with van der Waals surface area (Å²) in [5.74, 6) is 0. The van der Waals surface area contributed by atoms with Crippen LogP contribution in [0.2, 0.25) is 0 Å². The van der Waals surface area contributed by atoms with Crippen LogP contribution in [-0.2, 0) is 13.0 Å². The molecule has 1 aliphatic rings. The van der Waals surface area contributed by atoms with Gasteiger partial charge >= 0.3 is 0 Å². The van der Waals surface area contributed by atoms with E-state index in [1.807, 2.05) is 0 Å². The fourth-order valence-corrected chi connectivity index (χ4v) is 3.75. The van der Waals surface area contributed by atoms with Crippen LogP contribution in [0, 0.1) is 6.92 Å². The Labute approximate surface area is 153 Å². The molecule has 3 rings (SSSR count). The summed E-state index contributed by atoms with van der Waals surface area (Å²) in [7, 11) is 2.41. The largest absolute Gasteiger partial charge is 0.360 e. The number of likely N-dealkylation sites (N-methyl/N-ethyl adjacent to an activating group) is 1. The van der Waals surface area contributed by atoms with Crippen molar-refractivity contribution in [1.82, 2.24) is 0 Å². The van der Waals surface area contributed by atoms with Gasteiger partial charge in [0.15, 0.2) is 0 Å². The SMILES string of the molecule is CCCCc1ccc(N2CC[N+](C)(Cc3ccc(C)cc3)CC2)cc1. The third kappa shape index (κ3) is 4.85. The molecule has 1 heterocycles. The molecule has 0 N–H and O–H groups in total. The topological polar surface area (TPSA) is 3.24 Å². The van der Waals surface area contributed by atoms with Gasteiger partial charge in [-0.05, 0) is 37.5 Å². The second kappa shape index (κ2) is 8.05. The predicted molar refractivity (Wildman–Crippen MR) is 108 cm³/mol. The maximum Gasteiger partial charge on any atom is 0.104 e. The minimum Gasteiger partial charge on any atom is -0.360 e. The van der Waals surface area contributed by atoms with Crippen LogP contribution in [0.3, 0.4) is 0 Å². The first-order valence-corrected chi connectivity index (χ1v) is 9.81. The Kier molecular flexibility index (Phi) is 5.80. The standard InChI is InChI=1S/C23H33N2/c1-4-5-6-21-11-13-23(14-12-21)24-15-17-25(3,18-16-24)19-22-9-7-20(2)8-10-22/h7-14H,4-6,15-19H2,1-3H3/q+1. The van der Waals surface area contributed by atoms with Crippen molar-refractivity contribution < 1.29 is 4.48 Å². The first kappa shape index (κ1) is 18.0. The second-order valence-corrected chi connectivity index (χ2v) is 7.97. The highest BCUT2D eigenvalue weighted by atomic mass is 15.4. The highest BCUT2D eigenvalue weighted by Gasteiger charge is 2.28. The van der Waals surface area contributed by atoms with E-state index in [1.165, 1.54) is 54.7 Å². The van der Waals surface area contributed by atoms with Crippen molar-refractivity contribution >= 4 is 5.69 Å². The average molecular weight is 338 g/mol. The Morgan fingerprint density at radius 1 is 0.880 bits per heavy atom. The molecule has 1 fully saturated rings. The molecule has 0 amide bonds. The van der Waals surface area contributed by atoms with Crippen LogP contribution in [0.4, 0.5) is 5.69 Å². The molecular formula is C23H33N2+. The smallest absolute Gasteiger partial charge is 0.104 e. The van der Waals surface area contributed by atoms with Gasteiger partial charge in [-0.2, -0.15) is 0 Å². The van der Waals surface area contributed by atoms with Gasteiger partial charge in [-0.3, -0.25) is 0 Å². The van der Waals surface area contributed by atoms with Crippen molar-refractivity contribution in [3.63, 3.8) is 0 Å². The molecule has 2 aromatic carbocycles. The number of unbranched alkanes of at least 4 members (excludes halogenated alkanes) is 1. The molecule has 0 atom stereocenters. The fraction of sp³-hybridized carbons (Fsp3) is 0.478. The average Bonchev–Trinajstić information content (AvgIpc) is 2.63. The zero-order valence-electron chi connectivity index (χ0n) is 16.2. The van der Waals surface area contributed by atoms with Gasteiger partial charge in [0.1, 0.15) is 6.54 Å². The van der Waals surface area contributed by atoms with Crippen molar-refractivity contribution in [2.75, 3.05) is 38.1 Å². The zero-order chi connectivity index (χ0) is 17.7. The summed E-state index contributed by atoms with van der Waals surface area (Å²) >= 11 is 0. The molecule has 0 spiro atoms. The molecular weight excluding hydrogens is 304 g/mol. The summed E-state index contributed by atoms with van der Waals surface area (Å²) in [6.07, 6.45) is 3.77. The van der Waals surface area contributed by atoms with E-state index < -0.39 is 0 Å². The summed E-state index contributed by atoms with van der Waals surface area (Å²) < 4.78 is 1.15. The lowest BCUT2D eigenvalue weighted by atomic mass is 10.1. The van der Waals surface area contributed by atoms with Crippen LogP contribution in [0.5, 0.6) is 0 Å². The predicted octanol–water partition coefficient (Wildman–Crippen LogP) is 4.80. The normalized spacial score (nSPS) is 16.8. The van der Waals surface area contributed by atoms with Gasteiger partial charge in [-0.1, -0.05) is 55.3 Å². The Morgan fingerprint density at radius 3 is 2.08 bits per heavy atom. The molecule has 134 valence electrons. The van der Waals surface area contributed by atoms with Crippen molar-refractivity contribution in [2.45, 2.75) is 39.7 Å². The number of nitrogens with zero attached hydrogens (tertiary/aromatic N) is 2. The van der Waals surface area contributed by atoms with Gasteiger partial charge in [0.05, 0.1) is 33.2 Å². The molecule has 0 aromatic heterocycles. The maximum atomic E-state index is 2.55. The second-order valence-electron chi connectivity index (χ2n) is 7.97. The number of aryl methyl sites for hydroxylation is 2. The number of quaternary nitrogens is 1. The lowest BCUT2D eigenvalue weighted by molar-refractivity contribution is -0.923. The van der Waals surface area contributed by atoms with Gasteiger partial charge in [-0.25, -0.2) is 0 Å². The van der Waals surface area contributed by atoms with E-state index in [0.717, 1.165) is 24.1 Å². The van der Waals surface area contributed by atoms with Gasteiger partial charge in [-0.15, -0.1) is 0 Å². The minimum absolute atomic E-state index is 1.14. The van der Waals surface area contributed by atoms with Crippen LogP contribution < -0.4 is 4.90 Å². The number of rotatable bonds is 6. The van der Waals surface area contributed by atoms with E-state index in [9.17, 15) is 0 Å². The lowest BCUT2D eigenvalue weighted by Gasteiger charge is -2.43. The quantitative estimate of drug-likeness (QED) is 0.684. The lowest BCUT2D eigenvalue weighted by Crippen LogP contribution is -2.56. The van der Waals surface area contributed by atoms with E-state index >= 15 is 0 Å². The summed E-state index contributed by atoms with van der Waals surface area (Å²) in [6, 6.07) is 18.3. The van der Waals surface area contributed by atoms with Crippen LogP contribution in [-0.4, -0.2) is 37.7 Å². The zero-order valence-corrected chi connectivity index (χ0v) is 16.2. The summed E-state index contributed by atoms with van der Waals surface area (Å²) in [4.78, 5) is 2.55. The Balaban J connectivity index is 1.56. The molecule has 2 heteroatoms. The number of benzene rings is 2. The molecule has 0 aliphatic carbocycles. The van der Waals surface area contributed by atoms with E-state index in [2.05, 4.69) is 74.3 Å². The minimum atomic E-state index is 1.14. The van der Waals surface area contributed by atoms with Crippen LogP contribution in [0.1, 0.15) is 36.5 Å². The molecule has 0 bridgehead atoms. The van der Waals surface area contributed by atoms with E-state index in [1.54, 1.807) is 0 Å². The third-order valence-corrected chi connectivity index (χ3v) is 5.62. The maximum absolute atomic E-state index is 2.55. The van der Waals surface area contributed by atoms with Gasteiger partial charge < -0.3 is 9.38 Å². The van der Waals surface area contributed by atoms with Gasteiger partial charge in [0, 0.05) is 11.3 Å². The van der Waals surface area contributed by atoms with Crippen molar-refractivity contribution in [2.24, 2.45) is 0 Å². The molecule has 1 saturated heterocycles. The molecule has 2 nitrogen and oxygen atoms in total. The highest BCUT2D eigenvalue weighted by molar-refractivity contribution is 5.47. The molecule has 2 aromatic rings. The van der Waals surface area contributed by atoms with E-state index in [0.29, 0.717) is 0 Å². The Morgan fingerprint density at radius 2 is 1.48 bits per heavy atom. The number of hydrogen-bond donors (Lipinski definition) is 0. The molecule has 1 aliphatic heterocycles. The van der Waals surface area contributed by atoms with Crippen LogP contribution in [0.25, 0.3) is 0 Å². The van der Waals surface area contributed by atoms with E-state index in [4.69, 9.17) is 0 Å². The number of piperazine rings is 1. The number of hydrogen-bond acceptors (Lipinski definition) is 1. The molecule has 0 unspecified atom stereocenters. The molecule has 0 radical (unpaired) electrons. The van der Waals surface area contributed by atoms with Crippen molar-refractivity contribution in [3.8, 4) is 0 Å². The Bertz CT molecular complexity index is 649. The van der Waals surface area contributed by atoms with Gasteiger partial charge in [0.25, 0.3) is 0 Å². The highest BCUT2D eigenvalue weighted by Crippen LogP contribution is 2.22. The fourth-order valence-electron chi connectivity index (χ4n) is 3.75. The van der Waals surface area contributed by atoms with Crippen molar-refractivity contribution in [1.29, 1.82) is 0 Å². The molecule has 25 heavy (non-hydrogen) atoms. The third-order valence-electron chi connectivity index (χ3n) is 5.62. The van der Waals surface area contributed by atoms with Crippen LogP contribution in [0.15, 0.2) is 48.5 Å². The number of anilines is 1. The summed E-state index contributed by atoms with van der Waals surface area (Å²) in [5, 5.41) is 0. The first-order valence-electron chi connectivity index (χ1n) is 9.81.